The molecule has 11 heteroatoms. The molecular weight excluding hydrogens is 608 g/mol. The summed E-state index contributed by atoms with van der Waals surface area (Å²) in [6, 6.07) is 23.4. The number of methoxy groups -OCH3 is 2. The number of thiazole rings is 1. The van der Waals surface area contributed by atoms with Crippen LogP contribution < -0.4 is 24.4 Å². The molecule has 0 saturated heterocycles. The topological polar surface area (TPSA) is 130 Å². The Kier molecular flexibility index (Phi) is 8.41. The lowest BCUT2D eigenvalue weighted by Gasteiger charge is -2.26. The van der Waals surface area contributed by atoms with Gasteiger partial charge in [0.05, 0.1) is 48.2 Å². The van der Waals surface area contributed by atoms with Crippen molar-refractivity contribution in [1.82, 2.24) is 4.57 Å². The van der Waals surface area contributed by atoms with Gasteiger partial charge in [-0.2, -0.15) is 0 Å². The van der Waals surface area contributed by atoms with E-state index in [1.807, 2.05) is 30.3 Å². The van der Waals surface area contributed by atoms with E-state index >= 15 is 0 Å². The van der Waals surface area contributed by atoms with E-state index in [1.54, 1.807) is 55.5 Å². The second-order valence-electron chi connectivity index (χ2n) is 10.1. The summed E-state index contributed by atoms with van der Waals surface area (Å²) in [5, 5.41) is 9.20. The lowest BCUT2D eigenvalue weighted by molar-refractivity contribution is -0.138. The molecule has 46 heavy (non-hydrogen) atoms. The smallest absolute Gasteiger partial charge is 0.338 e. The number of benzene rings is 3. The van der Waals surface area contributed by atoms with E-state index in [2.05, 4.69) is 0 Å². The number of fused-ring (bicyclic) bond motifs is 1. The molecule has 3 aromatic carbocycles. The minimum Gasteiger partial charge on any atom is -0.493 e. The molecule has 0 saturated carbocycles. The summed E-state index contributed by atoms with van der Waals surface area (Å²) in [6.07, 6.45) is 1.63. The normalized spacial score (nSPS) is 14.4. The summed E-state index contributed by atoms with van der Waals surface area (Å²) in [6.45, 7) is 1.85. The zero-order chi connectivity index (χ0) is 32.4. The molecule has 0 unspecified atom stereocenters. The number of carboxylic acid groups (broad SMARTS) is 1. The summed E-state index contributed by atoms with van der Waals surface area (Å²) in [7, 11) is 3.05. The number of carbonyl (C=O) groups excluding carboxylic acids is 1. The van der Waals surface area contributed by atoms with E-state index in [0.717, 1.165) is 0 Å². The molecule has 1 aliphatic heterocycles. The Hall–Kier alpha value is -5.68. The van der Waals surface area contributed by atoms with Crippen LogP contribution in [0, 0.1) is 0 Å². The third kappa shape index (κ3) is 5.64. The second-order valence-corrected chi connectivity index (χ2v) is 11.1. The fraction of sp³-hybridized carbons (Fsp3) is 0.143. The van der Waals surface area contributed by atoms with Crippen LogP contribution >= 0.6 is 11.3 Å². The van der Waals surface area contributed by atoms with Crippen LogP contribution in [0.4, 0.5) is 0 Å². The van der Waals surface area contributed by atoms with Crippen LogP contribution in [0.25, 0.3) is 23.1 Å². The standard InChI is InChI=1S/C35H28N2O8S/c1-4-44-34(41)29-30(21-8-6-5-7-9-21)36-35-37(31(29)23-14-16-26(42-2)27(18-23)43-3)32(38)28(46-35)19-24-15-17-25(45-24)20-10-12-22(13-11-20)33(39)40/h5-19,31H,4H2,1-3H3,(H,39,40)/b28-19-/t31-/m1/s1. The quantitative estimate of drug-likeness (QED) is 0.226. The zero-order valence-electron chi connectivity index (χ0n) is 25.1. The van der Waals surface area contributed by atoms with Crippen molar-refractivity contribution in [3.8, 4) is 22.8 Å². The van der Waals surface area contributed by atoms with Crippen molar-refractivity contribution >= 4 is 35.0 Å². The maximum atomic E-state index is 14.2. The zero-order valence-corrected chi connectivity index (χ0v) is 25.9. The van der Waals surface area contributed by atoms with Gasteiger partial charge in [-0.15, -0.1) is 0 Å². The van der Waals surface area contributed by atoms with Gasteiger partial charge >= 0.3 is 11.9 Å². The first-order valence-corrected chi connectivity index (χ1v) is 15.1. The van der Waals surface area contributed by atoms with Gasteiger partial charge in [-0.05, 0) is 48.9 Å². The molecule has 0 bridgehead atoms. The molecule has 1 atom stereocenters. The number of ether oxygens (including phenoxy) is 3. The molecular formula is C35H28N2O8S. The Bertz CT molecular complexity index is 2160. The molecule has 2 aromatic heterocycles. The molecule has 3 heterocycles. The van der Waals surface area contributed by atoms with E-state index in [-0.39, 0.29) is 23.3 Å². The minimum absolute atomic E-state index is 0.132. The summed E-state index contributed by atoms with van der Waals surface area (Å²) < 4.78 is 24.4. The summed E-state index contributed by atoms with van der Waals surface area (Å²) in [5.41, 5.74) is 2.38. The number of nitrogens with zero attached hydrogens (tertiary/aromatic N) is 2. The Balaban J connectivity index is 1.54. The lowest BCUT2D eigenvalue weighted by Crippen LogP contribution is -2.40. The van der Waals surface area contributed by atoms with Gasteiger partial charge in [-0.25, -0.2) is 14.6 Å². The number of aromatic nitrogens is 1. The van der Waals surface area contributed by atoms with E-state index in [0.29, 0.717) is 54.7 Å². The number of furan rings is 1. The van der Waals surface area contributed by atoms with Crippen molar-refractivity contribution in [3.63, 3.8) is 0 Å². The predicted octanol–water partition coefficient (Wildman–Crippen LogP) is 4.91. The van der Waals surface area contributed by atoms with Crippen LogP contribution in [-0.4, -0.2) is 42.4 Å². The number of carbonyl (C=O) groups is 2. The highest BCUT2D eigenvalue weighted by Crippen LogP contribution is 2.38. The van der Waals surface area contributed by atoms with E-state index < -0.39 is 18.0 Å². The van der Waals surface area contributed by atoms with Gasteiger partial charge in [0.2, 0.25) is 0 Å². The summed E-state index contributed by atoms with van der Waals surface area (Å²) in [4.78, 5) is 44.3. The Morgan fingerprint density at radius 2 is 1.70 bits per heavy atom. The van der Waals surface area contributed by atoms with Gasteiger partial charge in [-0.3, -0.25) is 9.36 Å². The van der Waals surface area contributed by atoms with Crippen LogP contribution in [0.5, 0.6) is 11.5 Å². The average Bonchev–Trinajstić information content (AvgIpc) is 3.68. The minimum atomic E-state index is -1.02. The third-order valence-corrected chi connectivity index (χ3v) is 8.40. The first-order valence-electron chi connectivity index (χ1n) is 14.3. The van der Waals surface area contributed by atoms with Crippen LogP contribution in [-0.2, 0) is 9.53 Å². The molecule has 0 radical (unpaired) electrons. The first-order chi connectivity index (χ1) is 22.3. The number of hydrogen-bond donors (Lipinski definition) is 1. The molecule has 0 spiro atoms. The van der Waals surface area contributed by atoms with Crippen molar-refractivity contribution in [2.24, 2.45) is 4.99 Å². The highest BCUT2D eigenvalue weighted by atomic mass is 32.1. The number of hydrogen-bond acceptors (Lipinski definition) is 9. The van der Waals surface area contributed by atoms with Crippen molar-refractivity contribution < 1.29 is 33.3 Å². The van der Waals surface area contributed by atoms with Crippen LogP contribution in [0.2, 0.25) is 0 Å². The molecule has 0 amide bonds. The van der Waals surface area contributed by atoms with Gasteiger partial charge in [0.1, 0.15) is 11.5 Å². The highest BCUT2D eigenvalue weighted by Gasteiger charge is 2.35. The molecule has 10 nitrogen and oxygen atoms in total. The highest BCUT2D eigenvalue weighted by molar-refractivity contribution is 7.07. The van der Waals surface area contributed by atoms with Gasteiger partial charge in [0, 0.05) is 17.2 Å². The van der Waals surface area contributed by atoms with Crippen LogP contribution in [0.1, 0.15) is 40.2 Å². The Morgan fingerprint density at radius 1 is 0.957 bits per heavy atom. The molecule has 1 aliphatic rings. The number of carboxylic acids is 1. The number of esters is 1. The third-order valence-electron chi connectivity index (χ3n) is 7.41. The predicted molar refractivity (Wildman–Crippen MR) is 172 cm³/mol. The maximum absolute atomic E-state index is 14.2. The number of rotatable bonds is 9. The van der Waals surface area contributed by atoms with E-state index in [4.69, 9.17) is 23.6 Å². The first kappa shape index (κ1) is 30.4. The number of aromatic carboxylic acids is 1. The molecule has 232 valence electrons. The van der Waals surface area contributed by atoms with Crippen molar-refractivity contribution in [3.05, 3.63) is 133 Å². The molecule has 5 aromatic rings. The van der Waals surface area contributed by atoms with Gasteiger partial charge in [-0.1, -0.05) is 59.9 Å². The van der Waals surface area contributed by atoms with E-state index in [1.165, 1.54) is 42.3 Å². The lowest BCUT2D eigenvalue weighted by atomic mass is 9.93. The Labute approximate surface area is 266 Å². The Morgan fingerprint density at radius 3 is 2.37 bits per heavy atom. The van der Waals surface area contributed by atoms with Crippen LogP contribution in [0.3, 0.4) is 0 Å². The summed E-state index contributed by atoms with van der Waals surface area (Å²) in [5.74, 6) is 0.241. The fourth-order valence-electron chi connectivity index (χ4n) is 5.27. The summed E-state index contributed by atoms with van der Waals surface area (Å²) >= 11 is 1.17. The van der Waals surface area contributed by atoms with Crippen molar-refractivity contribution in [2.45, 2.75) is 13.0 Å². The van der Waals surface area contributed by atoms with Crippen molar-refractivity contribution in [1.29, 1.82) is 0 Å². The average molecular weight is 637 g/mol. The van der Waals surface area contributed by atoms with Gasteiger partial charge in [0.15, 0.2) is 16.3 Å². The molecule has 0 fully saturated rings. The SMILES string of the molecule is CCOC(=O)C1=C(c2ccccc2)N=c2s/c(=C\c3ccc(-c4ccc(C(=O)O)cc4)o3)c(=O)n2[C@@H]1c1ccc(OC)c(OC)c1. The van der Waals surface area contributed by atoms with Crippen LogP contribution in [0.15, 0.2) is 105 Å². The van der Waals surface area contributed by atoms with Crippen molar-refractivity contribution in [2.75, 3.05) is 20.8 Å². The van der Waals surface area contributed by atoms with Gasteiger partial charge < -0.3 is 23.7 Å². The maximum Gasteiger partial charge on any atom is 0.338 e. The second kappa shape index (κ2) is 12.7. The van der Waals surface area contributed by atoms with Gasteiger partial charge in [0.25, 0.3) is 5.56 Å². The fourth-order valence-corrected chi connectivity index (χ4v) is 6.25. The molecule has 0 aliphatic carbocycles. The largest absolute Gasteiger partial charge is 0.493 e. The molecule has 6 rings (SSSR count). The van der Waals surface area contributed by atoms with E-state index in [9.17, 15) is 19.5 Å². The molecule has 1 N–H and O–H groups in total. The monoisotopic (exact) mass is 636 g/mol.